The topological polar surface area (TPSA) is 80.0 Å². The Bertz CT molecular complexity index is 1180. The number of rotatable bonds is 5. The molecule has 4 aromatic rings. The van der Waals surface area contributed by atoms with E-state index in [1.807, 2.05) is 41.4 Å². The van der Waals surface area contributed by atoms with Crippen molar-refractivity contribution in [3.63, 3.8) is 0 Å². The van der Waals surface area contributed by atoms with Gasteiger partial charge < -0.3 is 0 Å². The maximum absolute atomic E-state index is 13.4. The van der Waals surface area contributed by atoms with Crippen LogP contribution in [0, 0.1) is 0 Å². The predicted octanol–water partition coefficient (Wildman–Crippen LogP) is 2.99. The van der Waals surface area contributed by atoms with Crippen molar-refractivity contribution in [2.45, 2.75) is 13.0 Å². The summed E-state index contributed by atoms with van der Waals surface area (Å²) < 4.78 is 0. The lowest BCUT2D eigenvalue weighted by atomic mass is 10.1. The van der Waals surface area contributed by atoms with Crippen LogP contribution < -0.4 is 0 Å². The third kappa shape index (κ3) is 3.93. The second-order valence-corrected chi connectivity index (χ2v) is 7.28. The Hall–Kier alpha value is -3.91. The first-order valence-electron chi connectivity index (χ1n) is 10.2. The molecule has 5 rings (SSSR count). The van der Waals surface area contributed by atoms with Crippen LogP contribution in [0.1, 0.15) is 22.3 Å². The number of amides is 1. The van der Waals surface area contributed by atoms with E-state index in [0.29, 0.717) is 30.2 Å². The van der Waals surface area contributed by atoms with Crippen molar-refractivity contribution < 1.29 is 4.79 Å². The summed E-state index contributed by atoms with van der Waals surface area (Å²) in [5, 5.41) is 12.3. The highest BCUT2D eigenvalue weighted by molar-refractivity contribution is 5.97. The lowest BCUT2D eigenvalue weighted by Crippen LogP contribution is -2.41. The number of nitrogens with zero attached hydrogens (tertiary/aromatic N) is 7. The molecule has 1 aliphatic rings. The second kappa shape index (κ2) is 8.45. The fraction of sp³-hybridized carbons (Fsp3) is 0.174. The van der Waals surface area contributed by atoms with Crippen LogP contribution in [0.4, 0.5) is 0 Å². The first kappa shape index (κ1) is 19.1. The molecule has 0 unspecified atom stereocenters. The molecule has 2 aromatic carbocycles. The average Bonchev–Trinajstić information content (AvgIpc) is 3.52. The van der Waals surface area contributed by atoms with Crippen LogP contribution in [0.3, 0.4) is 0 Å². The van der Waals surface area contributed by atoms with Gasteiger partial charge in [-0.3, -0.25) is 9.80 Å². The van der Waals surface area contributed by atoms with Gasteiger partial charge in [-0.15, -0.1) is 0 Å². The maximum atomic E-state index is 13.4. The fourth-order valence-corrected chi connectivity index (χ4v) is 3.84. The fourth-order valence-electron chi connectivity index (χ4n) is 3.84. The van der Waals surface area contributed by atoms with Gasteiger partial charge in [-0.25, -0.2) is 15.0 Å². The highest BCUT2D eigenvalue weighted by atomic mass is 16.2. The molecule has 31 heavy (non-hydrogen) atoms. The number of benzene rings is 2. The molecule has 154 valence electrons. The summed E-state index contributed by atoms with van der Waals surface area (Å²) >= 11 is 0. The van der Waals surface area contributed by atoms with Gasteiger partial charge in [0.1, 0.15) is 0 Å². The molecule has 0 atom stereocenters. The SMILES string of the molecule is O=C(c1ccccc1-n1nccn1)N1CCCN1Cc1cccc(-c2ncccn2)c1. The summed E-state index contributed by atoms with van der Waals surface area (Å²) in [4.78, 5) is 23.6. The highest BCUT2D eigenvalue weighted by Crippen LogP contribution is 2.23. The number of carbonyl (C=O) groups is 1. The molecular formula is C23H21N7O. The first-order chi connectivity index (χ1) is 15.3. The van der Waals surface area contributed by atoms with Crippen LogP contribution in [0.15, 0.2) is 79.4 Å². The molecule has 3 heterocycles. The molecule has 0 aliphatic carbocycles. The van der Waals surface area contributed by atoms with E-state index in [0.717, 1.165) is 24.1 Å². The van der Waals surface area contributed by atoms with Crippen molar-refractivity contribution in [3.8, 4) is 17.1 Å². The molecule has 0 radical (unpaired) electrons. The molecule has 1 amide bonds. The smallest absolute Gasteiger partial charge is 0.270 e. The Labute approximate surface area is 179 Å². The van der Waals surface area contributed by atoms with Crippen LogP contribution in [0.2, 0.25) is 0 Å². The lowest BCUT2D eigenvalue weighted by molar-refractivity contribution is 0.0170. The lowest BCUT2D eigenvalue weighted by Gasteiger charge is -2.28. The van der Waals surface area contributed by atoms with Crippen molar-refractivity contribution in [2.24, 2.45) is 0 Å². The Morgan fingerprint density at radius 3 is 2.52 bits per heavy atom. The van der Waals surface area contributed by atoms with Gasteiger partial charge in [0.25, 0.3) is 5.91 Å². The van der Waals surface area contributed by atoms with Gasteiger partial charge in [-0.2, -0.15) is 15.0 Å². The van der Waals surface area contributed by atoms with E-state index in [1.54, 1.807) is 30.9 Å². The van der Waals surface area contributed by atoms with E-state index in [4.69, 9.17) is 0 Å². The number of hydrogen-bond acceptors (Lipinski definition) is 6. The largest absolute Gasteiger partial charge is 0.271 e. The number of hydrazine groups is 1. The maximum Gasteiger partial charge on any atom is 0.270 e. The standard InChI is InChI=1S/C23H21N7O/c31-23(20-8-1-2-9-21(20)30-26-12-13-27-30)29-15-5-14-28(29)17-18-6-3-7-19(16-18)22-24-10-4-11-25-22/h1-4,6-13,16H,5,14-15,17H2. The summed E-state index contributed by atoms with van der Waals surface area (Å²) in [6.07, 6.45) is 7.61. The third-order valence-electron chi connectivity index (χ3n) is 5.25. The van der Waals surface area contributed by atoms with Crippen LogP contribution >= 0.6 is 0 Å². The minimum atomic E-state index is -0.0482. The molecule has 1 aliphatic heterocycles. The zero-order valence-corrected chi connectivity index (χ0v) is 16.9. The van der Waals surface area contributed by atoms with E-state index in [2.05, 4.69) is 37.3 Å². The molecule has 0 saturated carbocycles. The molecule has 0 N–H and O–H groups in total. The first-order valence-corrected chi connectivity index (χ1v) is 10.2. The summed E-state index contributed by atoms with van der Waals surface area (Å²) in [6, 6.07) is 17.4. The molecule has 0 bridgehead atoms. The zero-order valence-electron chi connectivity index (χ0n) is 16.9. The van der Waals surface area contributed by atoms with Crippen molar-refractivity contribution in [1.29, 1.82) is 0 Å². The summed E-state index contributed by atoms with van der Waals surface area (Å²) in [5.41, 5.74) is 3.32. The van der Waals surface area contributed by atoms with E-state index in [9.17, 15) is 4.79 Å². The van der Waals surface area contributed by atoms with Crippen LogP contribution in [0.25, 0.3) is 17.1 Å². The normalized spacial score (nSPS) is 14.1. The predicted molar refractivity (Wildman–Crippen MR) is 115 cm³/mol. The number of carbonyl (C=O) groups excluding carboxylic acids is 1. The van der Waals surface area contributed by atoms with Gasteiger partial charge in [0, 0.05) is 37.6 Å². The van der Waals surface area contributed by atoms with Crippen LogP contribution in [0.5, 0.6) is 0 Å². The van der Waals surface area contributed by atoms with Gasteiger partial charge in [0.2, 0.25) is 0 Å². The molecule has 2 aromatic heterocycles. The molecule has 8 nitrogen and oxygen atoms in total. The number of aromatic nitrogens is 5. The monoisotopic (exact) mass is 411 g/mol. The van der Waals surface area contributed by atoms with Crippen LogP contribution in [-0.4, -0.2) is 54.0 Å². The minimum Gasteiger partial charge on any atom is -0.271 e. The molecule has 0 spiro atoms. The van der Waals surface area contributed by atoms with Crippen molar-refractivity contribution in [2.75, 3.05) is 13.1 Å². The third-order valence-corrected chi connectivity index (χ3v) is 5.25. The van der Waals surface area contributed by atoms with E-state index in [1.165, 1.54) is 4.80 Å². The van der Waals surface area contributed by atoms with Gasteiger partial charge in [-0.1, -0.05) is 30.3 Å². The van der Waals surface area contributed by atoms with Crippen molar-refractivity contribution in [1.82, 2.24) is 35.0 Å². The van der Waals surface area contributed by atoms with Gasteiger partial charge >= 0.3 is 0 Å². The quantitative estimate of drug-likeness (QED) is 0.502. The molecule has 8 heteroatoms. The zero-order chi connectivity index (χ0) is 21.0. The molecule has 1 fully saturated rings. The van der Waals surface area contributed by atoms with Crippen molar-refractivity contribution >= 4 is 5.91 Å². The average molecular weight is 411 g/mol. The summed E-state index contributed by atoms with van der Waals surface area (Å²) in [7, 11) is 0. The van der Waals surface area contributed by atoms with E-state index in [-0.39, 0.29) is 5.91 Å². The molecule has 1 saturated heterocycles. The minimum absolute atomic E-state index is 0.0482. The molecular weight excluding hydrogens is 390 g/mol. The van der Waals surface area contributed by atoms with E-state index < -0.39 is 0 Å². The van der Waals surface area contributed by atoms with Crippen LogP contribution in [-0.2, 0) is 6.54 Å². The number of para-hydroxylation sites is 1. The summed E-state index contributed by atoms with van der Waals surface area (Å²) in [6.45, 7) is 2.13. The number of hydrogen-bond donors (Lipinski definition) is 0. The van der Waals surface area contributed by atoms with Gasteiger partial charge in [0.15, 0.2) is 5.82 Å². The van der Waals surface area contributed by atoms with E-state index >= 15 is 0 Å². The highest BCUT2D eigenvalue weighted by Gasteiger charge is 2.29. The Morgan fingerprint density at radius 2 is 1.68 bits per heavy atom. The Kier molecular flexibility index (Phi) is 5.20. The second-order valence-electron chi connectivity index (χ2n) is 7.28. The summed E-state index contributed by atoms with van der Waals surface area (Å²) in [5.74, 6) is 0.646. The van der Waals surface area contributed by atoms with Crippen molar-refractivity contribution in [3.05, 3.63) is 90.5 Å². The van der Waals surface area contributed by atoms with Gasteiger partial charge in [0.05, 0.1) is 23.6 Å². The Balaban J connectivity index is 1.39. The Morgan fingerprint density at radius 1 is 0.871 bits per heavy atom. The van der Waals surface area contributed by atoms with Gasteiger partial charge in [-0.05, 0) is 36.2 Å².